The Labute approximate surface area is 130 Å². The second kappa shape index (κ2) is 6.42. The molecule has 1 aliphatic heterocycles. The number of carbonyl (C=O) groups excluding carboxylic acids is 2. The lowest BCUT2D eigenvalue weighted by Gasteiger charge is -2.36. The van der Waals surface area contributed by atoms with Gasteiger partial charge >= 0.3 is 12.0 Å². The fraction of sp³-hybridized carbons (Fsp3) is 0.625. The van der Waals surface area contributed by atoms with Gasteiger partial charge in [-0.2, -0.15) is 0 Å². The maximum absolute atomic E-state index is 12.5. The van der Waals surface area contributed by atoms with Gasteiger partial charge in [-0.25, -0.2) is 9.59 Å². The van der Waals surface area contributed by atoms with Crippen LogP contribution in [-0.2, 0) is 4.74 Å². The molecule has 6 nitrogen and oxygen atoms in total. The number of nitrogens with one attached hydrogen (secondary N) is 2. The average Bonchev–Trinajstić information content (AvgIpc) is 3.06. The summed E-state index contributed by atoms with van der Waals surface area (Å²) >= 11 is 0. The molecule has 6 heteroatoms. The van der Waals surface area contributed by atoms with Crippen molar-refractivity contribution >= 4 is 17.7 Å². The van der Waals surface area contributed by atoms with Crippen molar-refractivity contribution in [2.75, 3.05) is 18.5 Å². The molecule has 1 aromatic rings. The summed E-state index contributed by atoms with van der Waals surface area (Å²) in [5.74, 6) is 0.270. The van der Waals surface area contributed by atoms with E-state index in [4.69, 9.17) is 4.74 Å². The molecule has 1 atom stereocenters. The first kappa shape index (κ1) is 14.9. The largest absolute Gasteiger partial charge is 0.461 e. The van der Waals surface area contributed by atoms with Crippen LogP contribution in [0.1, 0.15) is 49.5 Å². The molecule has 22 heavy (non-hydrogen) atoms. The van der Waals surface area contributed by atoms with E-state index in [2.05, 4.69) is 10.3 Å². The summed E-state index contributed by atoms with van der Waals surface area (Å²) in [5, 5.41) is 2.88. The predicted molar refractivity (Wildman–Crippen MR) is 82.8 cm³/mol. The lowest BCUT2D eigenvalue weighted by molar-refractivity contribution is 0.0520. The van der Waals surface area contributed by atoms with Gasteiger partial charge in [-0.3, -0.25) is 0 Å². The summed E-state index contributed by atoms with van der Waals surface area (Å²) < 4.78 is 4.92. The van der Waals surface area contributed by atoms with Crippen LogP contribution in [0.15, 0.2) is 12.3 Å². The van der Waals surface area contributed by atoms with Crippen LogP contribution in [0.5, 0.6) is 0 Å². The Morgan fingerprint density at radius 2 is 2.18 bits per heavy atom. The van der Waals surface area contributed by atoms with E-state index in [0.717, 1.165) is 19.4 Å². The van der Waals surface area contributed by atoms with E-state index in [0.29, 0.717) is 29.9 Å². The number of aromatic nitrogens is 1. The van der Waals surface area contributed by atoms with E-state index >= 15 is 0 Å². The highest BCUT2D eigenvalue weighted by Gasteiger charge is 2.37. The van der Waals surface area contributed by atoms with Crippen LogP contribution >= 0.6 is 0 Å². The van der Waals surface area contributed by atoms with Crippen molar-refractivity contribution in [3.05, 3.63) is 18.0 Å². The van der Waals surface area contributed by atoms with Crippen molar-refractivity contribution in [3.8, 4) is 0 Å². The minimum atomic E-state index is -0.406. The van der Waals surface area contributed by atoms with Gasteiger partial charge in [0.2, 0.25) is 0 Å². The van der Waals surface area contributed by atoms with E-state index in [-0.39, 0.29) is 6.03 Å². The first-order chi connectivity index (χ1) is 10.7. The highest BCUT2D eigenvalue weighted by Crippen LogP contribution is 2.37. The zero-order valence-electron chi connectivity index (χ0n) is 12.9. The molecule has 0 aromatic carbocycles. The number of amides is 2. The third-order valence-electron chi connectivity index (χ3n) is 4.68. The fourth-order valence-electron chi connectivity index (χ4n) is 3.35. The van der Waals surface area contributed by atoms with Crippen LogP contribution in [0.25, 0.3) is 0 Å². The molecule has 3 rings (SSSR count). The third kappa shape index (κ3) is 2.96. The molecule has 0 bridgehead atoms. The van der Waals surface area contributed by atoms with E-state index in [1.807, 2.05) is 4.90 Å². The zero-order valence-corrected chi connectivity index (χ0v) is 12.9. The number of nitrogens with zero attached hydrogens (tertiary/aromatic N) is 1. The molecule has 0 spiro atoms. The van der Waals surface area contributed by atoms with Gasteiger partial charge < -0.3 is 19.9 Å². The zero-order chi connectivity index (χ0) is 15.5. The highest BCUT2D eigenvalue weighted by molar-refractivity contribution is 5.93. The van der Waals surface area contributed by atoms with Crippen molar-refractivity contribution in [1.29, 1.82) is 0 Å². The maximum atomic E-state index is 12.5. The van der Waals surface area contributed by atoms with E-state index < -0.39 is 5.97 Å². The first-order valence-corrected chi connectivity index (χ1v) is 8.12. The van der Waals surface area contributed by atoms with E-state index in [9.17, 15) is 9.59 Å². The van der Waals surface area contributed by atoms with Gasteiger partial charge in [0.25, 0.3) is 0 Å². The monoisotopic (exact) mass is 305 g/mol. The van der Waals surface area contributed by atoms with Crippen LogP contribution in [0, 0.1) is 5.92 Å². The Kier molecular flexibility index (Phi) is 4.36. The number of H-pyrrole nitrogens is 1. The lowest BCUT2D eigenvalue weighted by atomic mass is 9.79. The molecular weight excluding hydrogens is 282 g/mol. The van der Waals surface area contributed by atoms with Crippen molar-refractivity contribution in [3.63, 3.8) is 0 Å². The van der Waals surface area contributed by atoms with Crippen molar-refractivity contribution in [2.24, 2.45) is 5.92 Å². The topological polar surface area (TPSA) is 74.4 Å². The maximum Gasteiger partial charge on any atom is 0.354 e. The summed E-state index contributed by atoms with van der Waals surface area (Å²) in [6.45, 7) is 2.91. The molecule has 1 aromatic heterocycles. The number of urea groups is 1. The molecule has 120 valence electrons. The molecular formula is C16H23N3O3. The standard InChI is InChI=1S/C16H23N3O3/c1-2-22-15(20)13-9-12(10-17-13)18-16(21)19-8-4-7-14(19)11-5-3-6-11/h9-11,14,17H,2-8H2,1H3,(H,18,21)/t14-/m1/s1. The minimum absolute atomic E-state index is 0.0659. The molecule has 0 unspecified atom stereocenters. The molecule has 1 aliphatic carbocycles. The first-order valence-electron chi connectivity index (χ1n) is 8.12. The van der Waals surface area contributed by atoms with Crippen LogP contribution < -0.4 is 5.32 Å². The number of aromatic amines is 1. The smallest absolute Gasteiger partial charge is 0.354 e. The van der Waals surface area contributed by atoms with Crippen molar-refractivity contribution in [1.82, 2.24) is 9.88 Å². The Bertz CT molecular complexity index is 551. The van der Waals surface area contributed by atoms with Crippen molar-refractivity contribution < 1.29 is 14.3 Å². The van der Waals surface area contributed by atoms with Gasteiger partial charge in [0, 0.05) is 18.8 Å². The Balaban J connectivity index is 1.60. The van der Waals surface area contributed by atoms with Crippen LogP contribution in [0.2, 0.25) is 0 Å². The Hall–Kier alpha value is -1.98. The number of hydrogen-bond donors (Lipinski definition) is 2. The fourth-order valence-corrected chi connectivity index (χ4v) is 3.35. The van der Waals surface area contributed by atoms with Gasteiger partial charge in [0.1, 0.15) is 5.69 Å². The molecule has 1 saturated carbocycles. The molecule has 2 N–H and O–H groups in total. The number of likely N-dealkylation sites (tertiary alicyclic amines) is 1. The van der Waals surface area contributed by atoms with Crippen molar-refractivity contribution in [2.45, 2.75) is 45.1 Å². The summed E-state index contributed by atoms with van der Waals surface area (Å²) in [4.78, 5) is 28.9. The second-order valence-electron chi connectivity index (χ2n) is 6.05. The molecule has 2 fully saturated rings. The summed E-state index contributed by atoms with van der Waals surface area (Å²) in [7, 11) is 0. The Morgan fingerprint density at radius 1 is 1.36 bits per heavy atom. The predicted octanol–water partition coefficient (Wildman–Crippen LogP) is 2.99. The molecule has 1 saturated heterocycles. The number of rotatable bonds is 4. The third-order valence-corrected chi connectivity index (χ3v) is 4.68. The number of carbonyl (C=O) groups is 2. The average molecular weight is 305 g/mol. The van der Waals surface area contributed by atoms with Crippen LogP contribution in [-0.4, -0.2) is 41.1 Å². The van der Waals surface area contributed by atoms with Crippen LogP contribution in [0.3, 0.4) is 0 Å². The normalized spacial score (nSPS) is 21.5. The number of anilines is 1. The second-order valence-corrected chi connectivity index (χ2v) is 6.05. The Morgan fingerprint density at radius 3 is 2.86 bits per heavy atom. The molecule has 2 aliphatic rings. The number of ether oxygens (including phenoxy) is 1. The van der Waals surface area contributed by atoms with Gasteiger partial charge in [0.05, 0.1) is 12.3 Å². The summed E-state index contributed by atoms with van der Waals surface area (Å²) in [5.41, 5.74) is 0.960. The SMILES string of the molecule is CCOC(=O)c1cc(NC(=O)N2CCC[C@@H]2C2CCC2)c[nH]1. The van der Waals surface area contributed by atoms with Gasteiger partial charge in [-0.1, -0.05) is 6.42 Å². The van der Waals surface area contributed by atoms with Gasteiger partial charge in [-0.15, -0.1) is 0 Å². The molecule has 0 radical (unpaired) electrons. The number of hydrogen-bond acceptors (Lipinski definition) is 3. The quantitative estimate of drug-likeness (QED) is 0.840. The number of esters is 1. The van der Waals surface area contributed by atoms with Gasteiger partial charge in [0.15, 0.2) is 0 Å². The minimum Gasteiger partial charge on any atom is -0.461 e. The van der Waals surface area contributed by atoms with Gasteiger partial charge in [-0.05, 0) is 44.6 Å². The lowest BCUT2D eigenvalue weighted by Crippen LogP contribution is -2.44. The van der Waals surface area contributed by atoms with Crippen LogP contribution in [0.4, 0.5) is 10.5 Å². The van der Waals surface area contributed by atoms with E-state index in [1.54, 1.807) is 19.2 Å². The summed E-state index contributed by atoms with van der Waals surface area (Å²) in [6.07, 6.45) is 7.59. The summed E-state index contributed by atoms with van der Waals surface area (Å²) in [6, 6.07) is 1.94. The molecule has 2 heterocycles. The molecule has 2 amide bonds. The highest BCUT2D eigenvalue weighted by atomic mass is 16.5. The van der Waals surface area contributed by atoms with E-state index in [1.165, 1.54) is 19.3 Å².